The van der Waals surface area contributed by atoms with Crippen LogP contribution < -0.4 is 13.9 Å². The lowest BCUT2D eigenvalue weighted by Crippen LogP contribution is -2.47. The lowest BCUT2D eigenvalue weighted by molar-refractivity contribution is 0.247. The molecule has 4 aromatic rings. The molecule has 4 heterocycles. The summed E-state index contributed by atoms with van der Waals surface area (Å²) in [7, 11) is -7.56. The predicted molar refractivity (Wildman–Crippen MR) is 211 cm³/mol. The first kappa shape index (κ1) is 40.6. The first-order valence-electron chi connectivity index (χ1n) is 16.5. The fraction of sp³-hybridized carbons (Fsp3) is 0.412. The summed E-state index contributed by atoms with van der Waals surface area (Å²) >= 11 is 12.0. The second-order valence-electron chi connectivity index (χ2n) is 12.1. The molecule has 2 fully saturated rings. The van der Waals surface area contributed by atoms with Crippen molar-refractivity contribution < 1.29 is 21.9 Å². The lowest BCUT2D eigenvalue weighted by atomic mass is 9.80. The van der Waals surface area contributed by atoms with Gasteiger partial charge in [0.25, 0.3) is 20.0 Å². The molecule has 0 saturated carbocycles. The van der Waals surface area contributed by atoms with E-state index in [9.17, 15) is 21.9 Å². The molecule has 50 heavy (non-hydrogen) atoms. The number of sulfonamides is 2. The van der Waals surface area contributed by atoms with Gasteiger partial charge in [-0.25, -0.2) is 16.8 Å². The van der Waals surface area contributed by atoms with Crippen molar-refractivity contribution in [3.63, 3.8) is 0 Å². The maximum absolute atomic E-state index is 13.2. The maximum Gasteiger partial charge on any atom is 0.376 e. The molecule has 2 aliphatic rings. The van der Waals surface area contributed by atoms with Crippen LogP contribution in [0.15, 0.2) is 104 Å². The van der Waals surface area contributed by atoms with Gasteiger partial charge < -0.3 is 15.2 Å². The second kappa shape index (κ2) is 20.2. The van der Waals surface area contributed by atoms with Crippen LogP contribution in [0.25, 0.3) is 0 Å². The minimum atomic E-state index is -3.58. The Kier molecular flexibility index (Phi) is 16.4. The Morgan fingerprint density at radius 3 is 1.68 bits per heavy atom. The number of hydrogen-bond acceptors (Lipinski definition) is 9. The van der Waals surface area contributed by atoms with Crippen LogP contribution in [0, 0.1) is 11.8 Å². The van der Waals surface area contributed by atoms with E-state index in [2.05, 4.69) is 5.32 Å². The number of anilines is 2. The molecule has 6 rings (SSSR count). The van der Waals surface area contributed by atoms with Gasteiger partial charge in [0.15, 0.2) is 0 Å². The molecule has 0 amide bonds. The van der Waals surface area contributed by atoms with Gasteiger partial charge in [-0.3, -0.25) is 8.61 Å². The van der Waals surface area contributed by atoms with Crippen molar-refractivity contribution in [3.8, 4) is 0 Å². The van der Waals surface area contributed by atoms with Crippen molar-refractivity contribution in [1.29, 1.82) is 0 Å². The number of hydrogen-bond donors (Lipinski definition) is 2. The van der Waals surface area contributed by atoms with E-state index >= 15 is 0 Å². The molecule has 9 nitrogen and oxygen atoms in total. The van der Waals surface area contributed by atoms with E-state index in [1.54, 1.807) is 46.2 Å². The molecular weight excluding hydrogens is 754 g/mol. The van der Waals surface area contributed by atoms with Crippen molar-refractivity contribution in [1.82, 2.24) is 10.1 Å². The summed E-state index contributed by atoms with van der Waals surface area (Å²) in [4.78, 5) is 2.01. The Hall–Kier alpha value is -2.14. The van der Waals surface area contributed by atoms with Crippen LogP contribution in [0.5, 0.6) is 0 Å². The molecule has 2 N–H and O–H groups in total. The summed E-state index contributed by atoms with van der Waals surface area (Å²) in [5.41, 5.74) is 1.42. The molecule has 2 aromatic carbocycles. The van der Waals surface area contributed by atoms with Crippen LogP contribution in [-0.4, -0.2) is 78.3 Å². The maximum atomic E-state index is 13.2. The summed E-state index contributed by atoms with van der Waals surface area (Å²) < 4.78 is 56.1. The van der Waals surface area contributed by atoms with Crippen LogP contribution in [0.4, 0.5) is 11.4 Å². The fourth-order valence-electron chi connectivity index (χ4n) is 6.05. The minimum absolute atomic E-state index is 0.193. The van der Waals surface area contributed by atoms with Crippen LogP contribution in [0.3, 0.4) is 0 Å². The highest BCUT2D eigenvalue weighted by Crippen LogP contribution is 2.30. The van der Waals surface area contributed by atoms with Gasteiger partial charge in [0.05, 0.1) is 16.7 Å². The Labute approximate surface area is 316 Å². The Balaban J connectivity index is 0.000000210. The molecule has 2 unspecified atom stereocenters. The zero-order valence-corrected chi connectivity index (χ0v) is 32.8. The third-order valence-corrected chi connectivity index (χ3v) is 14.8. The summed E-state index contributed by atoms with van der Waals surface area (Å²) in [6.07, 6.45) is 4.10. The normalized spacial score (nSPS) is 18.2. The highest BCUT2D eigenvalue weighted by atomic mass is 35.5. The molecule has 2 aromatic heterocycles. The van der Waals surface area contributed by atoms with Crippen molar-refractivity contribution >= 4 is 84.3 Å². The molecule has 272 valence electrons. The largest absolute Gasteiger partial charge is 0.437 e. The van der Waals surface area contributed by atoms with E-state index in [0.29, 0.717) is 39.7 Å². The van der Waals surface area contributed by atoms with Crippen molar-refractivity contribution in [2.45, 2.75) is 40.9 Å². The molecule has 0 aliphatic carbocycles. The molecule has 2 saturated heterocycles. The molecule has 2 atom stereocenters. The molecule has 2 aliphatic heterocycles. The van der Waals surface area contributed by atoms with Gasteiger partial charge in [0.2, 0.25) is 0 Å². The van der Waals surface area contributed by atoms with Crippen molar-refractivity contribution in [2.24, 2.45) is 11.8 Å². The Morgan fingerprint density at radius 2 is 1.26 bits per heavy atom. The fourth-order valence-corrected chi connectivity index (χ4v) is 11.3. The summed E-state index contributed by atoms with van der Waals surface area (Å²) in [5, 5.41) is 17.0. The molecular formula is C34H45BCl2N4O5S4. The van der Waals surface area contributed by atoms with Gasteiger partial charge in [-0.1, -0.05) is 48.5 Å². The lowest BCUT2D eigenvalue weighted by Gasteiger charge is -2.36. The number of nitrogens with one attached hydrogen (secondary N) is 1. The standard InChI is InChI=1S/C17H23BN2O3S2.C16H20N2O2S2.CH2Cl2/c1-18(21)19-11-5-7-15(13-19)14-20(16-8-3-2-4-9-16)25(22,23)17-10-6-12-24-17;19-22(20,16-9-5-11-21-16)18(15-7-2-1-3-8-15)13-14-6-4-10-17-12-14;2-1-3/h2-4,6,8-10,12,15,21H,5,7,11,13-14H2,1H3;1-3,5,7-9,11,14,17H,4,6,10,12-13H2;1H2. The number of alkyl halides is 2. The highest BCUT2D eigenvalue weighted by molar-refractivity contribution is 7.95. The average molecular weight is 800 g/mol. The van der Waals surface area contributed by atoms with E-state index in [0.717, 1.165) is 51.0 Å². The zero-order chi connectivity index (χ0) is 36.0. The van der Waals surface area contributed by atoms with Crippen molar-refractivity contribution in [3.05, 3.63) is 95.7 Å². The average Bonchev–Trinajstić information content (AvgIpc) is 3.88. The summed E-state index contributed by atoms with van der Waals surface area (Å²) in [6.45, 7) is 6.19. The summed E-state index contributed by atoms with van der Waals surface area (Å²) in [5.74, 6) is 0.544. The quantitative estimate of drug-likeness (QED) is 0.123. The van der Waals surface area contributed by atoms with E-state index in [4.69, 9.17) is 23.2 Å². The minimum Gasteiger partial charge on any atom is -0.437 e. The van der Waals surface area contributed by atoms with Crippen molar-refractivity contribution in [2.75, 3.05) is 53.2 Å². The van der Waals surface area contributed by atoms with Crippen LogP contribution >= 0.6 is 45.9 Å². The highest BCUT2D eigenvalue weighted by Gasteiger charge is 2.32. The number of benzene rings is 2. The third kappa shape index (κ3) is 11.4. The summed E-state index contributed by atoms with van der Waals surface area (Å²) in [6, 6.07) is 25.5. The molecule has 0 spiro atoms. The van der Waals surface area contributed by atoms with Gasteiger partial charge in [-0.15, -0.1) is 45.9 Å². The van der Waals surface area contributed by atoms with E-state index in [1.807, 2.05) is 65.5 Å². The molecule has 0 bridgehead atoms. The number of halogens is 2. The van der Waals surface area contributed by atoms with Crippen LogP contribution in [0.1, 0.15) is 25.7 Å². The first-order valence-corrected chi connectivity index (χ1v) is 22.3. The van der Waals surface area contributed by atoms with E-state index in [1.165, 1.54) is 27.0 Å². The number of para-hydroxylation sites is 2. The Bertz CT molecular complexity index is 1730. The van der Waals surface area contributed by atoms with Gasteiger partial charge in [-0.2, -0.15) is 0 Å². The van der Waals surface area contributed by atoms with Gasteiger partial charge >= 0.3 is 7.05 Å². The first-order chi connectivity index (χ1) is 24.1. The van der Waals surface area contributed by atoms with E-state index in [-0.39, 0.29) is 11.3 Å². The molecule has 16 heteroatoms. The number of rotatable bonds is 11. The zero-order valence-electron chi connectivity index (χ0n) is 28.1. The van der Waals surface area contributed by atoms with E-state index < -0.39 is 27.1 Å². The molecule has 0 radical (unpaired) electrons. The monoisotopic (exact) mass is 798 g/mol. The smallest absolute Gasteiger partial charge is 0.376 e. The number of nitrogens with zero attached hydrogens (tertiary/aromatic N) is 3. The van der Waals surface area contributed by atoms with Gasteiger partial charge in [0.1, 0.15) is 8.42 Å². The SMILES string of the molecule is CB(O)N1CCCC(CN(c2ccccc2)S(=O)(=O)c2cccs2)C1.ClCCl.O=S(=O)(c1cccs1)N(CC1CCCNC1)c1ccccc1. The van der Waals surface area contributed by atoms with Gasteiger partial charge in [0, 0.05) is 13.1 Å². The third-order valence-electron chi connectivity index (χ3n) is 8.49. The predicted octanol–water partition coefficient (Wildman–Crippen LogP) is 7.13. The second-order valence-corrected chi connectivity index (χ2v) is 18.9. The topological polar surface area (TPSA) is 110 Å². The number of piperidine rings is 2. The van der Waals surface area contributed by atoms with Gasteiger partial charge in [-0.05, 0) is 118 Å². The van der Waals surface area contributed by atoms with Crippen LogP contribution in [-0.2, 0) is 20.0 Å². The van der Waals surface area contributed by atoms with Crippen LogP contribution in [0.2, 0.25) is 6.82 Å². The number of thiophene rings is 2. The Morgan fingerprint density at radius 1 is 0.780 bits per heavy atom.